The maximum Gasteiger partial charge on any atom is 0.320 e. The first kappa shape index (κ1) is 14.5. The van der Waals surface area contributed by atoms with Gasteiger partial charge in [-0.25, -0.2) is 4.98 Å². The zero-order chi connectivity index (χ0) is 14.7. The summed E-state index contributed by atoms with van der Waals surface area (Å²) in [5.74, 6) is 0.134. The van der Waals surface area contributed by atoms with Crippen LogP contribution < -0.4 is 4.74 Å². The van der Waals surface area contributed by atoms with Crippen molar-refractivity contribution in [1.29, 1.82) is 0 Å². The third kappa shape index (κ3) is 3.14. The van der Waals surface area contributed by atoms with Gasteiger partial charge in [0.1, 0.15) is 12.4 Å². The Hall–Kier alpha value is -1.95. The van der Waals surface area contributed by atoms with Crippen molar-refractivity contribution in [2.75, 3.05) is 0 Å². The van der Waals surface area contributed by atoms with Gasteiger partial charge >= 0.3 is 6.55 Å². The maximum absolute atomic E-state index is 12.6. The number of rotatable bonds is 5. The maximum atomic E-state index is 12.6. The molecule has 0 bridgehead atoms. The molecular formula is C13H11ClF2N2O2. The Bertz CT molecular complexity index is 629. The molecule has 0 saturated heterocycles. The molecule has 0 spiro atoms. The molecule has 0 N–H and O–H groups in total. The Balaban J connectivity index is 2.19. The number of aromatic nitrogens is 2. The number of hydrogen-bond donors (Lipinski definition) is 0. The van der Waals surface area contributed by atoms with E-state index >= 15 is 0 Å². The van der Waals surface area contributed by atoms with Crippen LogP contribution in [0, 0.1) is 0 Å². The van der Waals surface area contributed by atoms with Gasteiger partial charge in [0.25, 0.3) is 0 Å². The molecule has 1 aromatic heterocycles. The summed E-state index contributed by atoms with van der Waals surface area (Å²) in [4.78, 5) is 15.3. The van der Waals surface area contributed by atoms with Crippen LogP contribution in [0.2, 0.25) is 5.02 Å². The van der Waals surface area contributed by atoms with Gasteiger partial charge in [0.2, 0.25) is 0 Å². The van der Waals surface area contributed by atoms with Crippen molar-refractivity contribution in [1.82, 2.24) is 9.55 Å². The van der Waals surface area contributed by atoms with Crippen molar-refractivity contribution in [3.63, 3.8) is 0 Å². The average molecular weight is 301 g/mol. The van der Waals surface area contributed by atoms with Crippen molar-refractivity contribution in [3.05, 3.63) is 47.0 Å². The Morgan fingerprint density at radius 1 is 1.50 bits per heavy atom. The molecule has 20 heavy (non-hydrogen) atoms. The lowest BCUT2D eigenvalue weighted by Gasteiger charge is -2.11. The van der Waals surface area contributed by atoms with Gasteiger partial charge in [0, 0.05) is 17.4 Å². The first-order valence-corrected chi connectivity index (χ1v) is 6.10. The van der Waals surface area contributed by atoms with E-state index in [4.69, 9.17) is 16.3 Å². The lowest BCUT2D eigenvalue weighted by molar-refractivity contribution is 0.0631. The highest BCUT2D eigenvalue weighted by Gasteiger charge is 2.14. The molecule has 0 aliphatic carbocycles. The van der Waals surface area contributed by atoms with E-state index in [1.807, 2.05) is 0 Å². The Morgan fingerprint density at radius 2 is 2.25 bits per heavy atom. The number of imidazole rings is 1. The Morgan fingerprint density at radius 3 is 2.90 bits per heavy atom. The number of benzene rings is 1. The van der Waals surface area contributed by atoms with Crippen LogP contribution >= 0.6 is 11.6 Å². The van der Waals surface area contributed by atoms with E-state index in [-0.39, 0.29) is 24.0 Å². The van der Waals surface area contributed by atoms with Gasteiger partial charge in [0.15, 0.2) is 11.6 Å². The number of carbonyl (C=O) groups excluding carboxylic acids is 1. The van der Waals surface area contributed by atoms with Crippen molar-refractivity contribution >= 4 is 17.4 Å². The molecule has 2 rings (SSSR count). The third-order valence-electron chi connectivity index (χ3n) is 2.64. The first-order valence-electron chi connectivity index (χ1n) is 5.72. The van der Waals surface area contributed by atoms with Gasteiger partial charge in [-0.3, -0.25) is 9.36 Å². The van der Waals surface area contributed by atoms with Crippen LogP contribution in [0.15, 0.2) is 30.6 Å². The molecule has 0 amide bonds. The second kappa shape index (κ2) is 6.00. The van der Waals surface area contributed by atoms with Crippen molar-refractivity contribution < 1.29 is 18.3 Å². The van der Waals surface area contributed by atoms with Crippen LogP contribution in [-0.2, 0) is 6.61 Å². The topological polar surface area (TPSA) is 44.1 Å². The number of nitrogens with zero attached hydrogens (tertiary/aromatic N) is 2. The Labute approximate surface area is 118 Å². The molecule has 0 fully saturated rings. The summed E-state index contributed by atoms with van der Waals surface area (Å²) in [6.07, 6.45) is 2.43. The molecule has 7 heteroatoms. The van der Waals surface area contributed by atoms with Crippen LogP contribution in [0.4, 0.5) is 8.78 Å². The minimum Gasteiger partial charge on any atom is -0.485 e. The number of halogens is 3. The van der Waals surface area contributed by atoms with Gasteiger partial charge in [-0.05, 0) is 25.1 Å². The highest BCUT2D eigenvalue weighted by atomic mass is 35.5. The summed E-state index contributed by atoms with van der Waals surface area (Å²) < 4.78 is 31.4. The standard InChI is InChI=1S/C13H11ClF2N2O2/c1-8(19)10-6-9(14)2-3-11(10)20-7-12-17-4-5-18(12)13(15)16/h2-6,13H,7H2,1H3. The van der Waals surface area contributed by atoms with E-state index in [9.17, 15) is 13.6 Å². The molecule has 2 aromatic rings. The minimum absolute atomic E-state index is 0.0736. The Kier molecular flexibility index (Phi) is 4.34. The fourth-order valence-electron chi connectivity index (χ4n) is 1.68. The quantitative estimate of drug-likeness (QED) is 0.791. The fourth-order valence-corrected chi connectivity index (χ4v) is 1.85. The highest BCUT2D eigenvalue weighted by molar-refractivity contribution is 6.31. The van der Waals surface area contributed by atoms with Crippen molar-refractivity contribution in [2.24, 2.45) is 0 Å². The number of Topliss-reactive ketones (excluding diaryl/α,β-unsaturated/α-hetero) is 1. The number of hydrogen-bond acceptors (Lipinski definition) is 3. The van der Waals surface area contributed by atoms with Crippen molar-refractivity contribution in [2.45, 2.75) is 20.1 Å². The van der Waals surface area contributed by atoms with Gasteiger partial charge in [0.05, 0.1) is 5.56 Å². The number of ketones is 1. The van der Waals surface area contributed by atoms with Crippen LogP contribution in [0.1, 0.15) is 29.7 Å². The van der Waals surface area contributed by atoms with Crippen LogP contribution in [-0.4, -0.2) is 15.3 Å². The molecule has 106 valence electrons. The van der Waals surface area contributed by atoms with Crippen LogP contribution in [0.5, 0.6) is 5.75 Å². The smallest absolute Gasteiger partial charge is 0.320 e. The predicted molar refractivity (Wildman–Crippen MR) is 69.3 cm³/mol. The summed E-state index contributed by atoms with van der Waals surface area (Å²) in [5.41, 5.74) is 0.299. The minimum atomic E-state index is -2.69. The summed E-state index contributed by atoms with van der Waals surface area (Å²) in [6.45, 7) is -1.48. The van der Waals surface area contributed by atoms with Gasteiger partial charge < -0.3 is 4.74 Å². The molecule has 0 unspecified atom stereocenters. The zero-order valence-corrected chi connectivity index (χ0v) is 11.3. The van der Waals surface area contributed by atoms with Crippen molar-refractivity contribution in [3.8, 4) is 5.75 Å². The van der Waals surface area contributed by atoms with E-state index in [1.165, 1.54) is 25.3 Å². The largest absolute Gasteiger partial charge is 0.485 e. The molecule has 0 saturated carbocycles. The highest BCUT2D eigenvalue weighted by Crippen LogP contribution is 2.24. The van der Waals surface area contributed by atoms with Gasteiger partial charge in [-0.15, -0.1) is 0 Å². The third-order valence-corrected chi connectivity index (χ3v) is 2.87. The van der Waals surface area contributed by atoms with Crippen LogP contribution in [0.25, 0.3) is 0 Å². The lowest BCUT2D eigenvalue weighted by Crippen LogP contribution is -2.08. The second-order valence-electron chi connectivity index (χ2n) is 4.01. The summed E-state index contributed by atoms with van der Waals surface area (Å²) >= 11 is 5.80. The summed E-state index contributed by atoms with van der Waals surface area (Å²) in [5, 5.41) is 0.400. The van der Waals surface area contributed by atoms with Gasteiger partial charge in [-0.1, -0.05) is 11.6 Å². The van der Waals surface area contributed by atoms with E-state index < -0.39 is 6.55 Å². The predicted octanol–water partition coefficient (Wildman–Crippen LogP) is 3.71. The first-order chi connectivity index (χ1) is 9.49. The number of alkyl halides is 2. The van der Waals surface area contributed by atoms with E-state index in [1.54, 1.807) is 6.07 Å². The zero-order valence-electron chi connectivity index (χ0n) is 10.5. The lowest BCUT2D eigenvalue weighted by atomic mass is 10.1. The monoisotopic (exact) mass is 300 g/mol. The number of carbonyl (C=O) groups is 1. The fraction of sp³-hybridized carbons (Fsp3) is 0.231. The molecule has 0 atom stereocenters. The molecule has 0 radical (unpaired) electrons. The van der Waals surface area contributed by atoms with E-state index in [0.717, 1.165) is 6.20 Å². The van der Waals surface area contributed by atoms with E-state index in [0.29, 0.717) is 15.2 Å². The van der Waals surface area contributed by atoms with Gasteiger partial charge in [-0.2, -0.15) is 8.78 Å². The SMILES string of the molecule is CC(=O)c1cc(Cl)ccc1OCc1nccn1C(F)F. The summed E-state index contributed by atoms with van der Waals surface area (Å²) in [7, 11) is 0. The molecule has 1 heterocycles. The number of ether oxygens (including phenoxy) is 1. The molecule has 0 aliphatic rings. The molecule has 0 aliphatic heterocycles. The van der Waals surface area contributed by atoms with E-state index in [2.05, 4.69) is 4.98 Å². The summed E-state index contributed by atoms with van der Waals surface area (Å²) in [6, 6.07) is 4.55. The molecular weight excluding hydrogens is 290 g/mol. The average Bonchev–Trinajstić information content (AvgIpc) is 2.85. The van der Waals surface area contributed by atoms with Crippen LogP contribution in [0.3, 0.4) is 0 Å². The molecule has 4 nitrogen and oxygen atoms in total. The normalized spacial score (nSPS) is 10.8. The second-order valence-corrected chi connectivity index (χ2v) is 4.45. The molecule has 1 aromatic carbocycles.